The van der Waals surface area contributed by atoms with E-state index in [-0.39, 0.29) is 23.9 Å². The number of nitrogens with zero attached hydrogens (tertiary/aromatic N) is 3. The highest BCUT2D eigenvalue weighted by Gasteiger charge is 2.26. The minimum Gasteiger partial charge on any atom is -0.325 e. The lowest BCUT2D eigenvalue weighted by Gasteiger charge is -2.34. The third kappa shape index (κ3) is 6.00. The highest BCUT2D eigenvalue weighted by molar-refractivity contribution is 6.00. The van der Waals surface area contributed by atoms with E-state index in [4.69, 9.17) is 4.98 Å². The molecule has 7 nitrogen and oxygen atoms in total. The number of fused-ring (bicyclic) bond motifs is 2. The Bertz CT molecular complexity index is 1210. The summed E-state index contributed by atoms with van der Waals surface area (Å²) >= 11 is 0. The van der Waals surface area contributed by atoms with Crippen LogP contribution in [0, 0.1) is 11.8 Å². The molecule has 0 spiro atoms. The van der Waals surface area contributed by atoms with Crippen LogP contribution < -0.4 is 10.6 Å². The van der Waals surface area contributed by atoms with Crippen LogP contribution in [0.1, 0.15) is 53.4 Å². The summed E-state index contributed by atoms with van der Waals surface area (Å²) in [6.45, 7) is 12.4. The van der Waals surface area contributed by atoms with Gasteiger partial charge in [-0.15, -0.1) is 0 Å². The second-order valence-corrected chi connectivity index (χ2v) is 11.6. The summed E-state index contributed by atoms with van der Waals surface area (Å²) in [5, 5.41) is 8.21. The monoisotopic (exact) mass is 515 g/mol. The van der Waals surface area contributed by atoms with Gasteiger partial charge < -0.3 is 10.6 Å². The molecule has 0 aliphatic carbocycles. The van der Waals surface area contributed by atoms with Gasteiger partial charge in [0.15, 0.2) is 0 Å². The van der Waals surface area contributed by atoms with Crippen molar-refractivity contribution in [2.45, 2.75) is 65.5 Å². The number of anilines is 2. The Morgan fingerprint density at radius 1 is 0.711 bits per heavy atom. The largest absolute Gasteiger partial charge is 0.325 e. The summed E-state index contributed by atoms with van der Waals surface area (Å²) in [4.78, 5) is 35.3. The van der Waals surface area contributed by atoms with Crippen molar-refractivity contribution in [3.63, 3.8) is 0 Å². The molecule has 2 aliphatic heterocycles. The molecule has 202 valence electrons. The number of aromatic nitrogens is 1. The van der Waals surface area contributed by atoms with Gasteiger partial charge >= 0.3 is 0 Å². The van der Waals surface area contributed by atoms with Crippen molar-refractivity contribution >= 4 is 45.0 Å². The van der Waals surface area contributed by atoms with Gasteiger partial charge in [-0.05, 0) is 108 Å². The number of amides is 2. The maximum Gasteiger partial charge on any atom is 0.241 e. The van der Waals surface area contributed by atoms with Gasteiger partial charge in [0, 0.05) is 22.1 Å². The predicted octanol–water partition coefficient (Wildman–Crippen LogP) is 5.51. The van der Waals surface area contributed by atoms with Crippen LogP contribution in [0.15, 0.2) is 42.5 Å². The molecule has 2 aliphatic rings. The fraction of sp³-hybridized carbons (Fsp3) is 0.516. The van der Waals surface area contributed by atoms with Crippen LogP contribution in [-0.4, -0.2) is 64.9 Å². The first-order chi connectivity index (χ1) is 18.3. The van der Waals surface area contributed by atoms with Crippen LogP contribution >= 0.6 is 0 Å². The summed E-state index contributed by atoms with van der Waals surface area (Å²) in [7, 11) is 0. The molecule has 1 aromatic heterocycles. The maximum absolute atomic E-state index is 13.0. The van der Waals surface area contributed by atoms with Gasteiger partial charge in [0.25, 0.3) is 0 Å². The summed E-state index contributed by atoms with van der Waals surface area (Å²) in [5.41, 5.74) is 3.13. The molecule has 7 heteroatoms. The summed E-state index contributed by atoms with van der Waals surface area (Å²) in [6.07, 6.45) is 4.57. The number of rotatable bonds is 6. The smallest absolute Gasteiger partial charge is 0.241 e. The first kappa shape index (κ1) is 26.6. The van der Waals surface area contributed by atoms with E-state index in [2.05, 4.69) is 40.3 Å². The van der Waals surface area contributed by atoms with Gasteiger partial charge in [-0.1, -0.05) is 26.0 Å². The number of pyridine rings is 1. The summed E-state index contributed by atoms with van der Waals surface area (Å²) < 4.78 is 0. The van der Waals surface area contributed by atoms with E-state index in [1.54, 1.807) is 0 Å². The van der Waals surface area contributed by atoms with E-state index in [0.29, 0.717) is 0 Å². The minimum atomic E-state index is -0.162. The van der Waals surface area contributed by atoms with Gasteiger partial charge in [-0.3, -0.25) is 19.4 Å². The van der Waals surface area contributed by atoms with Crippen LogP contribution in [0.5, 0.6) is 0 Å². The van der Waals surface area contributed by atoms with E-state index >= 15 is 0 Å². The first-order valence-electron chi connectivity index (χ1n) is 14.2. The van der Waals surface area contributed by atoms with Gasteiger partial charge in [0.1, 0.15) is 0 Å². The second-order valence-electron chi connectivity index (χ2n) is 11.6. The van der Waals surface area contributed by atoms with Crippen molar-refractivity contribution in [1.29, 1.82) is 0 Å². The molecule has 38 heavy (non-hydrogen) atoms. The molecule has 0 saturated carbocycles. The number of likely N-dealkylation sites (tertiary alicyclic amines) is 2. The Morgan fingerprint density at radius 2 is 1.11 bits per heavy atom. The number of piperidine rings is 2. The lowest BCUT2D eigenvalue weighted by Crippen LogP contribution is -2.45. The van der Waals surface area contributed by atoms with E-state index in [1.807, 2.05) is 50.2 Å². The zero-order valence-electron chi connectivity index (χ0n) is 23.2. The van der Waals surface area contributed by atoms with Crippen molar-refractivity contribution in [3.05, 3.63) is 42.5 Å². The van der Waals surface area contributed by atoms with Crippen LogP contribution in [0.4, 0.5) is 11.4 Å². The molecule has 2 amide bonds. The molecular formula is C31H41N5O2. The van der Waals surface area contributed by atoms with Crippen molar-refractivity contribution in [1.82, 2.24) is 14.8 Å². The van der Waals surface area contributed by atoms with Crippen LogP contribution in [0.25, 0.3) is 21.8 Å². The van der Waals surface area contributed by atoms with Crippen LogP contribution in [0.2, 0.25) is 0 Å². The lowest BCUT2D eigenvalue weighted by molar-refractivity contribution is -0.122. The highest BCUT2D eigenvalue weighted by Crippen LogP contribution is 2.26. The maximum atomic E-state index is 13.0. The SMILES string of the molecule is CC1CCN(C(C)C(=O)Nc2ccc3cc4ccc(NC(=O)C(C)N5CCC(C)CC5)cc4nc3c2)CC1. The van der Waals surface area contributed by atoms with Crippen molar-refractivity contribution in [2.75, 3.05) is 36.8 Å². The Morgan fingerprint density at radius 3 is 1.50 bits per heavy atom. The Hall–Kier alpha value is -3.03. The molecule has 2 fully saturated rings. The number of nitrogens with one attached hydrogen (secondary N) is 2. The molecule has 2 aromatic carbocycles. The third-order valence-electron chi connectivity index (χ3n) is 8.64. The van der Waals surface area contributed by atoms with E-state index in [0.717, 1.165) is 96.9 Å². The molecule has 3 aromatic rings. The standard InChI is InChI=1S/C31H41N5O2/c1-20-9-13-35(14-10-20)22(3)30(37)32-26-7-5-24-17-25-6-8-27(19-29(25)34-28(24)18-26)33-31(38)23(4)36-15-11-21(2)12-16-36/h5-8,17-23H,9-16H2,1-4H3,(H,32,37)(H,33,38). The van der Waals surface area contributed by atoms with Gasteiger partial charge in [-0.25, -0.2) is 4.98 Å². The number of carbonyl (C=O) groups excluding carboxylic acids is 2. The molecule has 2 N–H and O–H groups in total. The predicted molar refractivity (Wildman–Crippen MR) is 155 cm³/mol. The summed E-state index contributed by atoms with van der Waals surface area (Å²) in [6, 6.07) is 13.5. The average Bonchev–Trinajstić information content (AvgIpc) is 2.92. The number of hydrogen-bond donors (Lipinski definition) is 2. The normalized spacial score (nSPS) is 19.9. The van der Waals surface area contributed by atoms with E-state index in [1.165, 1.54) is 0 Å². The Kier molecular flexibility index (Phi) is 7.96. The van der Waals surface area contributed by atoms with Crippen molar-refractivity contribution < 1.29 is 9.59 Å². The number of hydrogen-bond acceptors (Lipinski definition) is 5. The number of carbonyl (C=O) groups is 2. The number of benzene rings is 2. The highest BCUT2D eigenvalue weighted by atomic mass is 16.2. The molecule has 5 rings (SSSR count). The topological polar surface area (TPSA) is 77.6 Å². The first-order valence-corrected chi connectivity index (χ1v) is 14.2. The zero-order chi connectivity index (χ0) is 26.8. The van der Waals surface area contributed by atoms with Gasteiger partial charge in [0.05, 0.1) is 23.1 Å². The Balaban J connectivity index is 1.28. The average molecular weight is 516 g/mol. The second kappa shape index (κ2) is 11.4. The van der Waals surface area contributed by atoms with Crippen molar-refractivity contribution in [3.8, 4) is 0 Å². The lowest BCUT2D eigenvalue weighted by atomic mass is 9.98. The fourth-order valence-corrected chi connectivity index (χ4v) is 5.63. The summed E-state index contributed by atoms with van der Waals surface area (Å²) in [5.74, 6) is 1.50. The molecule has 2 saturated heterocycles. The Labute approximate surface area is 226 Å². The van der Waals surface area contributed by atoms with Crippen LogP contribution in [-0.2, 0) is 9.59 Å². The zero-order valence-corrected chi connectivity index (χ0v) is 23.2. The minimum absolute atomic E-state index is 0.0157. The fourth-order valence-electron chi connectivity index (χ4n) is 5.63. The molecule has 0 bridgehead atoms. The van der Waals surface area contributed by atoms with Crippen LogP contribution in [0.3, 0.4) is 0 Å². The third-order valence-corrected chi connectivity index (χ3v) is 8.64. The van der Waals surface area contributed by atoms with E-state index < -0.39 is 0 Å². The quantitative estimate of drug-likeness (QED) is 0.424. The van der Waals surface area contributed by atoms with Gasteiger partial charge in [0.2, 0.25) is 11.8 Å². The van der Waals surface area contributed by atoms with E-state index in [9.17, 15) is 9.59 Å². The molecule has 2 unspecified atom stereocenters. The molecule has 3 heterocycles. The van der Waals surface area contributed by atoms with Gasteiger partial charge in [-0.2, -0.15) is 0 Å². The van der Waals surface area contributed by atoms with Crippen molar-refractivity contribution in [2.24, 2.45) is 11.8 Å². The molecule has 0 radical (unpaired) electrons. The molecular weight excluding hydrogens is 474 g/mol. The molecule has 2 atom stereocenters.